The number of carbonyl (C=O) groups is 1. The van der Waals surface area contributed by atoms with Gasteiger partial charge in [0, 0.05) is 6.42 Å². The van der Waals surface area contributed by atoms with E-state index in [1.165, 1.54) is 57.8 Å². The van der Waals surface area contributed by atoms with E-state index in [1.54, 1.807) is 0 Å². The zero-order valence-corrected chi connectivity index (χ0v) is 12.6. The summed E-state index contributed by atoms with van der Waals surface area (Å²) in [5, 5.41) is 8.84. The zero-order valence-electron chi connectivity index (χ0n) is 12.6. The molecule has 18 heavy (non-hydrogen) atoms. The Hall–Kier alpha value is -0.530. The van der Waals surface area contributed by atoms with Crippen LogP contribution in [0.4, 0.5) is 0 Å². The van der Waals surface area contributed by atoms with Crippen molar-refractivity contribution in [3.8, 4) is 0 Å². The molecule has 2 heteroatoms. The minimum Gasteiger partial charge on any atom is -0.481 e. The van der Waals surface area contributed by atoms with Crippen LogP contribution in [-0.4, -0.2) is 11.1 Å². The van der Waals surface area contributed by atoms with Crippen molar-refractivity contribution in [1.82, 2.24) is 0 Å². The highest BCUT2D eigenvalue weighted by atomic mass is 16.4. The maximum atomic E-state index is 10.7. The van der Waals surface area contributed by atoms with Crippen molar-refractivity contribution in [1.29, 1.82) is 0 Å². The molecule has 108 valence electrons. The van der Waals surface area contributed by atoms with Gasteiger partial charge in [-0.25, -0.2) is 0 Å². The number of rotatable bonds is 12. The van der Waals surface area contributed by atoms with E-state index in [9.17, 15) is 4.79 Å². The van der Waals surface area contributed by atoms with Crippen molar-refractivity contribution in [2.45, 2.75) is 91.4 Å². The van der Waals surface area contributed by atoms with Gasteiger partial charge in [0.15, 0.2) is 0 Å². The van der Waals surface area contributed by atoms with Crippen molar-refractivity contribution in [2.24, 2.45) is 5.41 Å². The van der Waals surface area contributed by atoms with Crippen molar-refractivity contribution in [2.75, 3.05) is 0 Å². The molecule has 0 heterocycles. The van der Waals surface area contributed by atoms with Gasteiger partial charge >= 0.3 is 5.97 Å². The van der Waals surface area contributed by atoms with Gasteiger partial charge in [0.2, 0.25) is 0 Å². The molecular formula is C16H32O2. The SMILES string of the molecule is CCCCCCCC(C)(CCCC)CCC(=O)O. The summed E-state index contributed by atoms with van der Waals surface area (Å²) in [4.78, 5) is 10.7. The van der Waals surface area contributed by atoms with Crippen LogP contribution in [0.5, 0.6) is 0 Å². The van der Waals surface area contributed by atoms with Gasteiger partial charge in [-0.15, -0.1) is 0 Å². The Labute approximate surface area is 113 Å². The molecule has 0 aromatic heterocycles. The third-order valence-electron chi connectivity index (χ3n) is 3.96. The zero-order chi connectivity index (χ0) is 13.9. The third kappa shape index (κ3) is 9.49. The molecule has 0 aliphatic rings. The summed E-state index contributed by atoms with van der Waals surface area (Å²) in [5.41, 5.74) is 0.251. The van der Waals surface area contributed by atoms with Crippen LogP contribution in [0.15, 0.2) is 0 Å². The highest BCUT2D eigenvalue weighted by Gasteiger charge is 2.23. The second-order valence-electron chi connectivity index (χ2n) is 5.97. The molecule has 1 N–H and O–H groups in total. The average molecular weight is 256 g/mol. The smallest absolute Gasteiger partial charge is 0.303 e. The molecule has 0 amide bonds. The number of carboxylic acids is 1. The van der Waals surface area contributed by atoms with E-state index in [0.717, 1.165) is 6.42 Å². The van der Waals surface area contributed by atoms with Crippen LogP contribution in [0, 0.1) is 5.41 Å². The Morgan fingerprint density at radius 2 is 1.44 bits per heavy atom. The van der Waals surface area contributed by atoms with Gasteiger partial charge in [0.05, 0.1) is 0 Å². The van der Waals surface area contributed by atoms with Crippen LogP contribution in [0.2, 0.25) is 0 Å². The summed E-state index contributed by atoms with van der Waals surface area (Å²) < 4.78 is 0. The minimum absolute atomic E-state index is 0.251. The molecule has 0 rings (SSSR count). The summed E-state index contributed by atoms with van der Waals surface area (Å²) >= 11 is 0. The Morgan fingerprint density at radius 3 is 2.00 bits per heavy atom. The van der Waals surface area contributed by atoms with Gasteiger partial charge in [-0.2, -0.15) is 0 Å². The predicted octanol–water partition coefficient (Wildman–Crippen LogP) is 5.41. The summed E-state index contributed by atoms with van der Waals surface area (Å²) in [5.74, 6) is -0.649. The summed E-state index contributed by atoms with van der Waals surface area (Å²) in [6, 6.07) is 0. The standard InChI is InChI=1S/C16H32O2/c1-4-6-8-9-10-13-16(3,12-7-5-2)14-11-15(17)18/h4-14H2,1-3H3,(H,17,18). The van der Waals surface area contributed by atoms with Gasteiger partial charge in [-0.1, -0.05) is 65.7 Å². The lowest BCUT2D eigenvalue weighted by atomic mass is 9.76. The lowest BCUT2D eigenvalue weighted by Crippen LogP contribution is -2.18. The largest absolute Gasteiger partial charge is 0.481 e. The first-order valence-corrected chi connectivity index (χ1v) is 7.76. The second kappa shape index (κ2) is 10.4. The third-order valence-corrected chi connectivity index (χ3v) is 3.96. The van der Waals surface area contributed by atoms with Gasteiger partial charge in [0.1, 0.15) is 0 Å². The van der Waals surface area contributed by atoms with Crippen LogP contribution in [0.25, 0.3) is 0 Å². The maximum Gasteiger partial charge on any atom is 0.303 e. The molecule has 0 aromatic carbocycles. The average Bonchev–Trinajstić information content (AvgIpc) is 2.34. The van der Waals surface area contributed by atoms with E-state index in [1.807, 2.05) is 0 Å². The highest BCUT2D eigenvalue weighted by Crippen LogP contribution is 2.35. The van der Waals surface area contributed by atoms with E-state index < -0.39 is 5.97 Å². The Kier molecular flexibility index (Phi) is 10.1. The molecule has 0 saturated heterocycles. The van der Waals surface area contributed by atoms with Crippen LogP contribution in [-0.2, 0) is 4.79 Å². The molecule has 0 bridgehead atoms. The summed E-state index contributed by atoms with van der Waals surface area (Å²) in [6.45, 7) is 6.72. The van der Waals surface area contributed by atoms with E-state index in [0.29, 0.717) is 6.42 Å². The Balaban J connectivity index is 3.98. The molecular weight excluding hydrogens is 224 g/mol. The quantitative estimate of drug-likeness (QED) is 0.474. The first kappa shape index (κ1) is 17.5. The molecule has 0 saturated carbocycles. The molecule has 0 radical (unpaired) electrons. The van der Waals surface area contributed by atoms with Gasteiger partial charge in [0.25, 0.3) is 0 Å². The number of hydrogen-bond donors (Lipinski definition) is 1. The van der Waals surface area contributed by atoms with Crippen LogP contribution >= 0.6 is 0 Å². The van der Waals surface area contributed by atoms with Crippen molar-refractivity contribution >= 4 is 5.97 Å². The van der Waals surface area contributed by atoms with Crippen molar-refractivity contribution in [3.05, 3.63) is 0 Å². The number of aliphatic carboxylic acids is 1. The fraction of sp³-hybridized carbons (Fsp3) is 0.938. The minimum atomic E-state index is -0.649. The number of hydrogen-bond acceptors (Lipinski definition) is 1. The lowest BCUT2D eigenvalue weighted by Gasteiger charge is -2.29. The normalized spacial score (nSPS) is 14.4. The fourth-order valence-corrected chi connectivity index (χ4v) is 2.54. The molecule has 0 aliphatic carbocycles. The monoisotopic (exact) mass is 256 g/mol. The van der Waals surface area contributed by atoms with E-state index >= 15 is 0 Å². The van der Waals surface area contributed by atoms with Gasteiger partial charge in [-0.05, 0) is 24.7 Å². The van der Waals surface area contributed by atoms with Gasteiger partial charge in [-0.3, -0.25) is 4.79 Å². The summed E-state index contributed by atoms with van der Waals surface area (Å²) in [6.07, 6.45) is 12.5. The summed E-state index contributed by atoms with van der Waals surface area (Å²) in [7, 11) is 0. The Bertz CT molecular complexity index is 213. The maximum absolute atomic E-state index is 10.7. The molecule has 0 fully saturated rings. The molecule has 1 atom stereocenters. The van der Waals surface area contributed by atoms with E-state index in [4.69, 9.17) is 5.11 Å². The van der Waals surface area contributed by atoms with Crippen molar-refractivity contribution in [3.63, 3.8) is 0 Å². The first-order valence-electron chi connectivity index (χ1n) is 7.76. The molecule has 2 nitrogen and oxygen atoms in total. The van der Waals surface area contributed by atoms with E-state index in [-0.39, 0.29) is 5.41 Å². The van der Waals surface area contributed by atoms with E-state index in [2.05, 4.69) is 20.8 Å². The fourth-order valence-electron chi connectivity index (χ4n) is 2.54. The highest BCUT2D eigenvalue weighted by molar-refractivity contribution is 5.66. The van der Waals surface area contributed by atoms with Crippen LogP contribution in [0.3, 0.4) is 0 Å². The molecule has 0 aliphatic heterocycles. The molecule has 0 spiro atoms. The van der Waals surface area contributed by atoms with Crippen molar-refractivity contribution < 1.29 is 9.90 Å². The van der Waals surface area contributed by atoms with Crippen LogP contribution in [0.1, 0.15) is 91.4 Å². The molecule has 0 aromatic rings. The number of unbranched alkanes of at least 4 members (excludes halogenated alkanes) is 5. The number of carboxylic acid groups (broad SMARTS) is 1. The topological polar surface area (TPSA) is 37.3 Å². The predicted molar refractivity (Wildman–Crippen MR) is 77.9 cm³/mol. The first-order chi connectivity index (χ1) is 8.54. The van der Waals surface area contributed by atoms with Crippen LogP contribution < -0.4 is 0 Å². The Morgan fingerprint density at radius 1 is 0.889 bits per heavy atom. The lowest BCUT2D eigenvalue weighted by molar-refractivity contribution is -0.137. The second-order valence-corrected chi connectivity index (χ2v) is 5.97. The molecule has 1 unspecified atom stereocenters. The van der Waals surface area contributed by atoms with Gasteiger partial charge < -0.3 is 5.11 Å².